The van der Waals surface area contributed by atoms with Crippen molar-refractivity contribution < 1.29 is 44.2 Å². The van der Waals surface area contributed by atoms with E-state index in [1.54, 1.807) is 27.4 Å². The molecule has 0 spiro atoms. The zero-order chi connectivity index (χ0) is 45.6. The molecule has 64 heavy (non-hydrogen) atoms. The lowest BCUT2D eigenvalue weighted by Crippen LogP contribution is -2.48. The third-order valence-corrected chi connectivity index (χ3v) is 16.4. The molecule has 4 heterocycles. The van der Waals surface area contributed by atoms with E-state index in [4.69, 9.17) is 30.8 Å². The predicted octanol–water partition coefficient (Wildman–Crippen LogP) is 7.59. The summed E-state index contributed by atoms with van der Waals surface area (Å²) in [7, 11) is -2.73. The summed E-state index contributed by atoms with van der Waals surface area (Å²) >= 11 is 8.71. The van der Waals surface area contributed by atoms with Crippen LogP contribution in [0.4, 0.5) is 23.4 Å². The number of benzene rings is 4. The number of sulfonamides is 2. The molecule has 2 saturated heterocycles. The number of ether oxygens (including phenoxy) is 3. The second-order valence-corrected chi connectivity index (χ2v) is 20.5. The average molecular weight is 978 g/mol. The Morgan fingerprint density at radius 1 is 0.594 bits per heavy atom. The van der Waals surface area contributed by atoms with Gasteiger partial charge in [0, 0.05) is 76.0 Å². The highest BCUT2D eigenvalue weighted by Crippen LogP contribution is 2.39. The summed E-state index contributed by atoms with van der Waals surface area (Å²) in [6.07, 6.45) is 1.07. The van der Waals surface area contributed by atoms with Gasteiger partial charge in [-0.3, -0.25) is 0 Å². The minimum atomic E-state index is -3.73. The van der Waals surface area contributed by atoms with Crippen LogP contribution in [-0.4, -0.2) is 109 Å². The van der Waals surface area contributed by atoms with Gasteiger partial charge in [0.25, 0.3) is 0 Å². The summed E-state index contributed by atoms with van der Waals surface area (Å²) in [5, 5.41) is 5.63. The highest BCUT2D eigenvalue weighted by atomic mass is 35.5. The van der Waals surface area contributed by atoms with Crippen molar-refractivity contribution in [1.82, 2.24) is 18.6 Å². The van der Waals surface area contributed by atoms with Gasteiger partial charge in [-0.25, -0.2) is 40.0 Å². The molecule has 2 aliphatic heterocycles. The number of aromatic nitrogens is 2. The summed E-state index contributed by atoms with van der Waals surface area (Å²) in [4.78, 5) is 13.4. The maximum absolute atomic E-state index is 13.6. The van der Waals surface area contributed by atoms with Crippen LogP contribution in [0.15, 0.2) is 99.4 Å². The van der Waals surface area contributed by atoms with Crippen LogP contribution in [0, 0.1) is 17.5 Å². The Morgan fingerprint density at radius 2 is 1.05 bits per heavy atom. The van der Waals surface area contributed by atoms with Gasteiger partial charge in [-0.05, 0) is 71.8 Å². The molecule has 8 rings (SSSR count). The first-order valence-corrected chi connectivity index (χ1v) is 24.8. The summed E-state index contributed by atoms with van der Waals surface area (Å²) in [6, 6.07) is 18.6. The lowest BCUT2D eigenvalue weighted by Gasteiger charge is -2.33. The Labute approximate surface area is 383 Å². The molecule has 0 saturated carbocycles. The molecule has 13 nitrogen and oxygen atoms in total. The monoisotopic (exact) mass is 976 g/mol. The van der Waals surface area contributed by atoms with Gasteiger partial charge in [-0.1, -0.05) is 29.8 Å². The van der Waals surface area contributed by atoms with Crippen molar-refractivity contribution in [3.63, 3.8) is 0 Å². The van der Waals surface area contributed by atoms with Gasteiger partial charge in [0.15, 0.2) is 21.8 Å². The average Bonchev–Trinajstić information content (AvgIpc) is 3.97. The van der Waals surface area contributed by atoms with Crippen molar-refractivity contribution in [3.05, 3.63) is 135 Å². The number of hydrogen-bond acceptors (Lipinski definition) is 13. The first-order valence-electron chi connectivity index (χ1n) is 19.8. The van der Waals surface area contributed by atoms with Crippen molar-refractivity contribution in [1.29, 1.82) is 0 Å². The van der Waals surface area contributed by atoms with Crippen LogP contribution in [0.25, 0.3) is 0 Å². The second kappa shape index (κ2) is 20.5. The number of methoxy groups -OCH3 is 3. The van der Waals surface area contributed by atoms with Crippen LogP contribution in [0.1, 0.15) is 22.5 Å². The van der Waals surface area contributed by atoms with Gasteiger partial charge in [-0.2, -0.15) is 8.61 Å². The third-order valence-electron chi connectivity index (χ3n) is 10.4. The van der Waals surface area contributed by atoms with Crippen LogP contribution in [0.5, 0.6) is 17.2 Å². The molecule has 21 heteroatoms. The lowest BCUT2D eigenvalue weighted by atomic mass is 10.1. The summed E-state index contributed by atoms with van der Waals surface area (Å²) < 4.78 is 111. The van der Waals surface area contributed by atoms with Crippen LogP contribution in [0.2, 0.25) is 5.02 Å². The zero-order valence-corrected chi connectivity index (χ0v) is 38.9. The van der Waals surface area contributed by atoms with E-state index in [1.807, 2.05) is 27.8 Å². The first-order chi connectivity index (χ1) is 30.7. The molecule has 0 N–H and O–H groups in total. The molecule has 0 aliphatic carbocycles. The topological polar surface area (TPSA) is 135 Å². The molecule has 6 aromatic rings. The Hall–Kier alpha value is -4.96. The van der Waals surface area contributed by atoms with Crippen molar-refractivity contribution >= 4 is 64.6 Å². The van der Waals surface area contributed by atoms with Gasteiger partial charge >= 0.3 is 0 Å². The van der Waals surface area contributed by atoms with Crippen molar-refractivity contribution in [2.24, 2.45) is 0 Å². The van der Waals surface area contributed by atoms with Gasteiger partial charge in [0.2, 0.25) is 25.8 Å². The summed E-state index contributed by atoms with van der Waals surface area (Å²) in [6.45, 7) is 3.17. The quantitative estimate of drug-likeness (QED) is 0.113. The SMILES string of the molecule is COc1cc(Cc2csc(N3CCN(S(=O)(=O)c4cccc(F)c4)CC3)n2)cc(OC)c1OC.O=S(=O)(c1cccc(F)c1)N1CCN(c2nc(Cc3ccc(Cl)c(F)c3)cs2)CC1. The Kier molecular flexibility index (Phi) is 15.0. The van der Waals surface area contributed by atoms with Gasteiger partial charge < -0.3 is 24.0 Å². The number of nitrogens with zero attached hydrogens (tertiary/aromatic N) is 6. The molecule has 0 amide bonds. The van der Waals surface area contributed by atoms with Crippen molar-refractivity contribution in [2.45, 2.75) is 22.6 Å². The molecule has 0 bridgehead atoms. The van der Waals surface area contributed by atoms with E-state index in [0.29, 0.717) is 69.4 Å². The molecule has 0 unspecified atom stereocenters. The number of hydrogen-bond donors (Lipinski definition) is 0. The molecular weight excluding hydrogens is 933 g/mol. The highest BCUT2D eigenvalue weighted by molar-refractivity contribution is 7.89. The van der Waals surface area contributed by atoms with Crippen LogP contribution < -0.4 is 24.0 Å². The number of thiazole rings is 2. The minimum absolute atomic E-state index is 0.0252. The molecule has 2 fully saturated rings. The largest absolute Gasteiger partial charge is 0.493 e. The number of anilines is 2. The van der Waals surface area contributed by atoms with Crippen molar-refractivity contribution in [2.75, 3.05) is 83.5 Å². The molecular formula is C43H44ClF3N6O7S4. The maximum atomic E-state index is 13.6. The van der Waals surface area contributed by atoms with Crippen LogP contribution in [-0.2, 0) is 32.9 Å². The molecule has 0 atom stereocenters. The number of piperazine rings is 2. The lowest BCUT2D eigenvalue weighted by molar-refractivity contribution is 0.324. The Bertz CT molecular complexity index is 2770. The standard InChI is InChI=1S/C23H26FN3O5S2.C20H18ClF2N3O2S2/c1-30-20-12-16(13-21(31-2)22(20)32-3)11-18-15-33-23(25-18)26-7-9-27(10-8-26)34(28,29)19-6-4-5-17(24)14-19;21-18-5-4-14(11-19(18)23)10-16-13-29-20(24-16)25-6-8-26(9-7-25)30(27,28)17-3-1-2-15(22)12-17/h4-6,12-15H,7-11H2,1-3H3;1-5,11-13H,6-10H2. The van der Waals surface area contributed by atoms with E-state index in [-0.39, 0.29) is 27.9 Å². The van der Waals surface area contributed by atoms with Crippen LogP contribution in [0.3, 0.4) is 0 Å². The van der Waals surface area contributed by atoms with Crippen molar-refractivity contribution in [3.8, 4) is 17.2 Å². The van der Waals surface area contributed by atoms with E-state index < -0.39 is 37.5 Å². The fraction of sp³-hybridized carbons (Fsp3) is 0.302. The summed E-state index contributed by atoms with van der Waals surface area (Å²) in [5.74, 6) is 0.109. The zero-order valence-electron chi connectivity index (χ0n) is 34.9. The van der Waals surface area contributed by atoms with E-state index in [2.05, 4.69) is 9.88 Å². The molecule has 0 radical (unpaired) electrons. The summed E-state index contributed by atoms with van der Waals surface area (Å²) in [5.41, 5.74) is 3.45. The van der Waals surface area contributed by atoms with Gasteiger partial charge in [-0.15, -0.1) is 22.7 Å². The minimum Gasteiger partial charge on any atom is -0.493 e. The molecule has 4 aromatic carbocycles. The second-order valence-electron chi connectivity index (χ2n) is 14.6. The fourth-order valence-corrected chi connectivity index (χ4v) is 11.9. The third kappa shape index (κ3) is 10.9. The van der Waals surface area contributed by atoms with E-state index in [1.165, 1.54) is 79.8 Å². The van der Waals surface area contributed by atoms with Crippen LogP contribution >= 0.6 is 34.3 Å². The van der Waals surface area contributed by atoms with E-state index in [0.717, 1.165) is 44.9 Å². The van der Waals surface area contributed by atoms with Gasteiger partial charge in [0.05, 0.1) is 47.5 Å². The van der Waals surface area contributed by atoms with Gasteiger partial charge in [0.1, 0.15) is 17.5 Å². The Morgan fingerprint density at radius 3 is 1.45 bits per heavy atom. The maximum Gasteiger partial charge on any atom is 0.243 e. The molecule has 340 valence electrons. The number of halogens is 4. The van der Waals surface area contributed by atoms with E-state index >= 15 is 0 Å². The molecule has 2 aliphatic rings. The Balaban J connectivity index is 0.000000193. The molecule has 2 aromatic heterocycles. The fourth-order valence-electron chi connectivity index (χ4n) is 7.14. The predicted molar refractivity (Wildman–Crippen MR) is 242 cm³/mol. The normalized spacial score (nSPS) is 15.1. The smallest absolute Gasteiger partial charge is 0.243 e. The van der Waals surface area contributed by atoms with E-state index in [9.17, 15) is 30.0 Å². The first kappa shape index (κ1) is 47.0. The highest BCUT2D eigenvalue weighted by Gasteiger charge is 2.31. The number of rotatable bonds is 13.